The van der Waals surface area contributed by atoms with E-state index in [9.17, 15) is 14.4 Å². The minimum atomic E-state index is -1.24. The smallest absolute Gasteiger partial charge is 0.253 e. The van der Waals surface area contributed by atoms with Gasteiger partial charge in [0, 0.05) is 17.3 Å². The fraction of sp³-hybridized carbons (Fsp3) is 0.250. The van der Waals surface area contributed by atoms with Crippen molar-refractivity contribution in [3.63, 3.8) is 0 Å². The molecule has 6 heteroatoms. The molecule has 0 radical (unpaired) electrons. The molecule has 0 bridgehead atoms. The Bertz CT molecular complexity index is 1290. The molecule has 170 valence electrons. The van der Waals surface area contributed by atoms with Crippen LogP contribution < -0.4 is 10.2 Å². The number of anilines is 1. The average molecular weight is 452 g/mol. The maximum Gasteiger partial charge on any atom is 0.253 e. The zero-order valence-corrected chi connectivity index (χ0v) is 18.8. The van der Waals surface area contributed by atoms with E-state index in [2.05, 4.69) is 5.32 Å². The number of rotatable bonds is 4. The highest BCUT2D eigenvalue weighted by molar-refractivity contribution is 6.16. The van der Waals surface area contributed by atoms with Crippen molar-refractivity contribution in [2.45, 2.75) is 31.6 Å². The Morgan fingerprint density at radius 3 is 1.94 bits per heavy atom. The number of likely N-dealkylation sites (tertiary alicyclic amines) is 1. The average Bonchev–Trinajstić information content (AvgIpc) is 3.40. The van der Waals surface area contributed by atoms with E-state index in [0.717, 1.165) is 22.4 Å². The molecule has 3 aromatic rings. The third-order valence-corrected chi connectivity index (χ3v) is 7.47. The lowest BCUT2D eigenvalue weighted by Gasteiger charge is -2.30. The van der Waals surface area contributed by atoms with Gasteiger partial charge in [0.1, 0.15) is 5.54 Å². The molecule has 3 amide bonds. The van der Waals surface area contributed by atoms with Crippen LogP contribution in [-0.4, -0.2) is 28.7 Å². The second kappa shape index (κ2) is 7.64. The van der Waals surface area contributed by atoms with E-state index in [-0.39, 0.29) is 30.3 Å². The lowest BCUT2D eigenvalue weighted by molar-refractivity contribution is -0.143. The second-order valence-electron chi connectivity index (χ2n) is 9.39. The van der Waals surface area contributed by atoms with Gasteiger partial charge < -0.3 is 4.90 Å². The zero-order valence-electron chi connectivity index (χ0n) is 18.8. The van der Waals surface area contributed by atoms with Gasteiger partial charge in [0.15, 0.2) is 0 Å². The van der Waals surface area contributed by atoms with Crippen LogP contribution >= 0.6 is 0 Å². The standard InChI is InChI=1S/C28H25N3O3/c1-18-23-24(26(33)31(25(23)32)17-20-12-6-3-7-13-20)28(29-18)21-14-8-9-15-22(21)30(27(28)34)16-19-10-4-2-5-11-19/h2-15,18,23-24,29H,16-17H2,1H3/t18-,23-,24-,28-/m0/s1. The number of hydrogen-bond acceptors (Lipinski definition) is 4. The Balaban J connectivity index is 1.42. The lowest BCUT2D eigenvalue weighted by Crippen LogP contribution is -2.54. The highest BCUT2D eigenvalue weighted by Crippen LogP contribution is 2.54. The SMILES string of the molecule is C[C@@H]1N[C@]2(C(=O)N(Cc3ccccc3)c3ccccc32)[C@@H]2C(=O)N(Cc3ccccc3)C(=O)[C@@H]12. The first-order chi connectivity index (χ1) is 16.5. The van der Waals surface area contributed by atoms with Crippen LogP contribution in [0.5, 0.6) is 0 Å². The van der Waals surface area contributed by atoms with E-state index in [4.69, 9.17) is 0 Å². The molecule has 6 nitrogen and oxygen atoms in total. The van der Waals surface area contributed by atoms with E-state index < -0.39 is 17.4 Å². The normalized spacial score (nSPS) is 27.6. The summed E-state index contributed by atoms with van der Waals surface area (Å²) in [5, 5.41) is 3.44. The quantitative estimate of drug-likeness (QED) is 0.619. The van der Waals surface area contributed by atoms with Crippen LogP contribution in [-0.2, 0) is 33.0 Å². The van der Waals surface area contributed by atoms with Crippen molar-refractivity contribution in [1.29, 1.82) is 0 Å². The van der Waals surface area contributed by atoms with Gasteiger partial charge in [-0.1, -0.05) is 78.9 Å². The highest BCUT2D eigenvalue weighted by Gasteiger charge is 2.70. The van der Waals surface area contributed by atoms with Crippen LogP contribution in [0.15, 0.2) is 84.9 Å². The Morgan fingerprint density at radius 2 is 1.29 bits per heavy atom. The maximum absolute atomic E-state index is 14.2. The molecule has 34 heavy (non-hydrogen) atoms. The van der Waals surface area contributed by atoms with E-state index in [0.29, 0.717) is 6.54 Å². The third-order valence-electron chi connectivity index (χ3n) is 7.47. The van der Waals surface area contributed by atoms with E-state index >= 15 is 0 Å². The van der Waals surface area contributed by atoms with Crippen molar-refractivity contribution >= 4 is 23.4 Å². The number of nitrogens with zero attached hydrogens (tertiary/aromatic N) is 2. The highest BCUT2D eigenvalue weighted by atomic mass is 16.2. The molecule has 0 aromatic heterocycles. The number of fused-ring (bicyclic) bond motifs is 4. The van der Waals surface area contributed by atoms with Crippen molar-refractivity contribution in [3.8, 4) is 0 Å². The van der Waals surface area contributed by atoms with Crippen LogP contribution in [0, 0.1) is 11.8 Å². The number of hydrogen-bond donors (Lipinski definition) is 1. The summed E-state index contributed by atoms with van der Waals surface area (Å²) in [5.74, 6) is -2.00. The topological polar surface area (TPSA) is 69.7 Å². The number of amides is 3. The fourth-order valence-electron chi connectivity index (χ4n) is 6.01. The summed E-state index contributed by atoms with van der Waals surface area (Å²) in [4.78, 5) is 44.6. The van der Waals surface area contributed by atoms with Crippen molar-refractivity contribution in [3.05, 3.63) is 102 Å². The van der Waals surface area contributed by atoms with Gasteiger partial charge in [-0.05, 0) is 24.1 Å². The maximum atomic E-state index is 14.2. The third kappa shape index (κ3) is 2.82. The van der Waals surface area contributed by atoms with Crippen molar-refractivity contribution in [2.24, 2.45) is 11.8 Å². The first-order valence-corrected chi connectivity index (χ1v) is 11.6. The minimum absolute atomic E-state index is 0.167. The molecule has 2 fully saturated rings. The summed E-state index contributed by atoms with van der Waals surface area (Å²) < 4.78 is 0. The van der Waals surface area contributed by atoms with Gasteiger partial charge in [-0.15, -0.1) is 0 Å². The Kier molecular flexibility index (Phi) is 4.67. The number of carbonyl (C=O) groups is 3. The molecule has 0 unspecified atom stereocenters. The molecular formula is C28H25N3O3. The summed E-state index contributed by atoms with van der Waals surface area (Å²) in [5.41, 5.74) is 2.22. The van der Waals surface area contributed by atoms with Gasteiger partial charge in [0.2, 0.25) is 11.8 Å². The monoisotopic (exact) mass is 451 g/mol. The number of nitrogens with one attached hydrogen (secondary N) is 1. The van der Waals surface area contributed by atoms with Gasteiger partial charge >= 0.3 is 0 Å². The van der Waals surface area contributed by atoms with Gasteiger partial charge in [0.25, 0.3) is 5.91 Å². The molecule has 0 aliphatic carbocycles. The first-order valence-electron chi connectivity index (χ1n) is 11.6. The van der Waals surface area contributed by atoms with E-state index in [1.807, 2.05) is 91.9 Å². The molecule has 0 saturated carbocycles. The largest absolute Gasteiger partial charge is 0.306 e. The van der Waals surface area contributed by atoms with Gasteiger partial charge in [-0.2, -0.15) is 0 Å². The number of para-hydroxylation sites is 1. The fourth-order valence-corrected chi connectivity index (χ4v) is 6.01. The Labute approximate surface area is 198 Å². The number of benzene rings is 3. The van der Waals surface area contributed by atoms with Crippen LogP contribution in [0.3, 0.4) is 0 Å². The molecule has 1 spiro atoms. The summed E-state index contributed by atoms with van der Waals surface area (Å²) in [6.07, 6.45) is 0. The molecule has 4 atom stereocenters. The zero-order chi connectivity index (χ0) is 23.4. The number of carbonyl (C=O) groups excluding carboxylic acids is 3. The van der Waals surface area contributed by atoms with Gasteiger partial charge in [-0.25, -0.2) is 0 Å². The molecule has 3 heterocycles. The predicted molar refractivity (Wildman–Crippen MR) is 127 cm³/mol. The summed E-state index contributed by atoms with van der Waals surface area (Å²) in [6, 6.07) is 26.6. The van der Waals surface area contributed by atoms with Crippen molar-refractivity contribution in [1.82, 2.24) is 10.2 Å². The summed E-state index contributed by atoms with van der Waals surface area (Å²) >= 11 is 0. The molecule has 2 saturated heterocycles. The van der Waals surface area contributed by atoms with Gasteiger partial charge in [0.05, 0.1) is 24.9 Å². The van der Waals surface area contributed by atoms with Gasteiger partial charge in [-0.3, -0.25) is 24.6 Å². The summed E-state index contributed by atoms with van der Waals surface area (Å²) in [6.45, 7) is 2.53. The van der Waals surface area contributed by atoms with E-state index in [1.165, 1.54) is 4.90 Å². The molecule has 1 N–H and O–H groups in total. The molecule has 3 aromatic carbocycles. The van der Waals surface area contributed by atoms with Crippen LogP contribution in [0.1, 0.15) is 23.6 Å². The van der Waals surface area contributed by atoms with Crippen LogP contribution in [0.2, 0.25) is 0 Å². The summed E-state index contributed by atoms with van der Waals surface area (Å²) in [7, 11) is 0. The molecule has 6 rings (SSSR count). The lowest BCUT2D eigenvalue weighted by atomic mass is 9.76. The predicted octanol–water partition coefficient (Wildman–Crippen LogP) is 3.22. The van der Waals surface area contributed by atoms with Crippen molar-refractivity contribution in [2.75, 3.05) is 4.90 Å². The molecular weight excluding hydrogens is 426 g/mol. The van der Waals surface area contributed by atoms with Crippen LogP contribution in [0.25, 0.3) is 0 Å². The Hall–Kier alpha value is -3.77. The minimum Gasteiger partial charge on any atom is -0.306 e. The van der Waals surface area contributed by atoms with Crippen LogP contribution in [0.4, 0.5) is 5.69 Å². The van der Waals surface area contributed by atoms with E-state index in [1.54, 1.807) is 4.90 Å². The number of imide groups is 1. The first kappa shape index (κ1) is 20.8. The van der Waals surface area contributed by atoms with Crippen molar-refractivity contribution < 1.29 is 14.4 Å². The molecule has 3 aliphatic heterocycles. The Morgan fingerprint density at radius 1 is 0.735 bits per heavy atom. The molecule has 3 aliphatic rings. The second-order valence-corrected chi connectivity index (χ2v) is 9.39.